The number of carbonyl (C=O) groups excluding carboxylic acids is 1. The molecule has 2 fully saturated rings. The molecular weight excluding hydrogens is 668 g/mol. The molecule has 25 heteroatoms. The fourth-order valence-electron chi connectivity index (χ4n) is 4.66. The average molecular weight is 697 g/mol. The molecule has 0 spiro atoms. The first-order chi connectivity index (χ1) is 21.7. The van der Waals surface area contributed by atoms with Crippen LogP contribution < -0.4 is 11.5 Å². The molecule has 0 radical (unpaired) electrons. The first-order valence-electron chi connectivity index (χ1n) is 13.1. The summed E-state index contributed by atoms with van der Waals surface area (Å²) in [7, 11) is -10.9. The monoisotopic (exact) mass is 697 g/mol. The Morgan fingerprint density at radius 2 is 1.65 bits per heavy atom. The number of imidazole rings is 1. The van der Waals surface area contributed by atoms with E-state index in [1.807, 2.05) is 0 Å². The molecule has 23 nitrogen and oxygen atoms in total. The number of aliphatic hydroxyl groups is 4. The second-order valence-electron chi connectivity index (χ2n) is 9.97. The number of nitrogens with zero attached hydrogens (tertiary/aromatic N) is 5. The van der Waals surface area contributed by atoms with Crippen LogP contribution in [0, 0.1) is 0 Å². The van der Waals surface area contributed by atoms with Gasteiger partial charge in [0.05, 0.1) is 12.9 Å². The van der Waals surface area contributed by atoms with Crippen LogP contribution in [-0.4, -0.2) is 117 Å². The third kappa shape index (κ3) is 7.44. The Labute approximate surface area is 257 Å². The van der Waals surface area contributed by atoms with Gasteiger partial charge in [-0.3, -0.25) is 13.9 Å². The van der Waals surface area contributed by atoms with E-state index in [-0.39, 0.29) is 29.0 Å². The van der Waals surface area contributed by atoms with Crippen LogP contribution in [0.2, 0.25) is 0 Å². The van der Waals surface area contributed by atoms with E-state index in [4.69, 9.17) is 20.9 Å². The van der Waals surface area contributed by atoms with Gasteiger partial charge < -0.3 is 56.1 Å². The molecule has 0 aliphatic carbocycles. The third-order valence-electron chi connectivity index (χ3n) is 6.88. The average Bonchev–Trinajstić information content (AvgIpc) is 3.64. The molecule has 2 aromatic rings. The number of primary amides is 1. The number of phosphoric ester groups is 1. The van der Waals surface area contributed by atoms with Crippen LogP contribution >= 0.6 is 15.6 Å². The van der Waals surface area contributed by atoms with Crippen LogP contribution in [0.15, 0.2) is 36.7 Å². The van der Waals surface area contributed by atoms with Crippen LogP contribution in [0.4, 0.5) is 5.82 Å². The minimum atomic E-state index is -5.52. The van der Waals surface area contributed by atoms with E-state index >= 15 is 0 Å². The Morgan fingerprint density at radius 3 is 2.37 bits per heavy atom. The van der Waals surface area contributed by atoms with Crippen molar-refractivity contribution in [3.8, 4) is 0 Å². The van der Waals surface area contributed by atoms with Gasteiger partial charge in [-0.05, 0) is 6.42 Å². The van der Waals surface area contributed by atoms with Crippen molar-refractivity contribution in [1.29, 1.82) is 0 Å². The first kappa shape index (κ1) is 34.4. The van der Waals surface area contributed by atoms with Gasteiger partial charge >= 0.3 is 15.6 Å². The minimum Gasteiger partial charge on any atom is -0.387 e. The van der Waals surface area contributed by atoms with Crippen LogP contribution in [0.1, 0.15) is 12.6 Å². The van der Waals surface area contributed by atoms with E-state index in [2.05, 4.69) is 38.4 Å². The molecular formula is C21H29N7O16P2. The third-order valence-corrected chi connectivity index (χ3v) is 9.26. The van der Waals surface area contributed by atoms with Gasteiger partial charge in [0.2, 0.25) is 5.91 Å². The number of nitrogens with two attached hydrogens (primary N) is 2. The highest BCUT2D eigenvalue weighted by atomic mass is 31.3. The van der Waals surface area contributed by atoms with Gasteiger partial charge in [0.25, 0.3) is 0 Å². The second-order valence-corrected chi connectivity index (χ2v) is 12.9. The van der Waals surface area contributed by atoms with Gasteiger partial charge in [-0.25, -0.2) is 29.0 Å². The van der Waals surface area contributed by atoms with Crippen molar-refractivity contribution < 1.29 is 77.0 Å². The van der Waals surface area contributed by atoms with E-state index in [9.17, 15) is 44.1 Å². The summed E-state index contributed by atoms with van der Waals surface area (Å²) in [5, 5.41) is 45.6. The zero-order valence-corrected chi connectivity index (χ0v) is 25.0. The number of phosphoric acid groups is 2. The molecule has 46 heavy (non-hydrogen) atoms. The van der Waals surface area contributed by atoms with Crippen LogP contribution in [0.3, 0.4) is 0 Å². The van der Waals surface area contributed by atoms with Crippen LogP contribution in [-0.2, 0) is 46.8 Å². The summed E-state index contributed by atoms with van der Waals surface area (Å²) in [5.41, 5.74) is 11.6. The van der Waals surface area contributed by atoms with E-state index in [0.717, 1.165) is 6.33 Å². The lowest BCUT2D eigenvalue weighted by Crippen LogP contribution is -2.40. The standard InChI is InChI=1S/C21H29N7O16P2/c22-17-12-19(25-7-24-17)28(8-26-12)21-16(32)13(29)10(41-21)5-38-42-43-46(36,37)44-45(34,35)39-6-11-14(30)15(31)20(40-11)27-3-1-2-9(4-27)18(23)33/h1,3-4,7-8,10-11,13-16,20-21,29-32H,2,5-6H2,(H2,23,33)(H,34,35)(H,36,37)(H2,22,24,25)/t10-,11-,13+,14+,15-,16-,20-,21-/m1/s1. The summed E-state index contributed by atoms with van der Waals surface area (Å²) in [5.74, 6) is -0.652. The molecule has 5 heterocycles. The number of anilines is 1. The summed E-state index contributed by atoms with van der Waals surface area (Å²) in [4.78, 5) is 48.8. The predicted molar refractivity (Wildman–Crippen MR) is 144 cm³/mol. The summed E-state index contributed by atoms with van der Waals surface area (Å²) < 4.78 is 49.4. The van der Waals surface area contributed by atoms with Crippen molar-refractivity contribution in [3.63, 3.8) is 0 Å². The maximum Gasteiger partial charge on any atom is 0.510 e. The first-order valence-corrected chi connectivity index (χ1v) is 16.1. The maximum absolute atomic E-state index is 12.3. The maximum atomic E-state index is 12.3. The molecule has 2 aromatic heterocycles. The van der Waals surface area contributed by atoms with Crippen molar-refractivity contribution in [2.24, 2.45) is 5.73 Å². The quantitative estimate of drug-likeness (QED) is 0.0452. The molecule has 3 aliphatic rings. The van der Waals surface area contributed by atoms with Gasteiger partial charge in [0, 0.05) is 18.0 Å². The Balaban J connectivity index is 1.08. The molecule has 0 aromatic carbocycles. The molecule has 0 bridgehead atoms. The number of rotatable bonds is 13. The Kier molecular flexibility index (Phi) is 10.2. The molecule has 2 saturated heterocycles. The van der Waals surface area contributed by atoms with Gasteiger partial charge in [-0.2, -0.15) is 4.31 Å². The number of carbonyl (C=O) groups is 1. The van der Waals surface area contributed by atoms with Gasteiger partial charge in [-0.1, -0.05) is 15.8 Å². The highest BCUT2D eigenvalue weighted by Gasteiger charge is 2.47. The normalized spacial score (nSPS) is 32.4. The number of amides is 1. The highest BCUT2D eigenvalue weighted by molar-refractivity contribution is 7.61. The van der Waals surface area contributed by atoms with Gasteiger partial charge in [0.1, 0.15) is 55.1 Å². The van der Waals surface area contributed by atoms with Crippen molar-refractivity contribution in [2.45, 2.75) is 55.5 Å². The van der Waals surface area contributed by atoms with E-state index in [0.29, 0.717) is 0 Å². The summed E-state index contributed by atoms with van der Waals surface area (Å²) in [6.07, 6.45) is -4.60. The molecule has 254 valence electrons. The van der Waals surface area contributed by atoms with E-state index in [1.165, 1.54) is 28.2 Å². The predicted octanol–water partition coefficient (Wildman–Crippen LogP) is -2.82. The zero-order valence-electron chi connectivity index (χ0n) is 23.2. The molecule has 3 aliphatic heterocycles. The Hall–Kier alpha value is -2.96. The van der Waals surface area contributed by atoms with Crippen LogP contribution in [0.25, 0.3) is 11.2 Å². The lowest BCUT2D eigenvalue weighted by molar-refractivity contribution is -0.476. The number of fused-ring (bicyclic) bond motifs is 1. The number of ether oxygens (including phenoxy) is 2. The largest absolute Gasteiger partial charge is 0.510 e. The molecule has 10 N–H and O–H groups in total. The van der Waals surface area contributed by atoms with Gasteiger partial charge in [-0.15, -0.1) is 0 Å². The van der Waals surface area contributed by atoms with Crippen LogP contribution in [0.5, 0.6) is 0 Å². The fraction of sp³-hybridized carbons (Fsp3) is 0.524. The lowest BCUT2D eigenvalue weighted by atomic mass is 10.1. The number of aromatic nitrogens is 4. The van der Waals surface area contributed by atoms with Crippen molar-refractivity contribution in [3.05, 3.63) is 36.7 Å². The fourth-order valence-corrected chi connectivity index (χ4v) is 6.45. The smallest absolute Gasteiger partial charge is 0.387 e. The molecule has 5 rings (SSSR count). The number of allylic oxidation sites excluding steroid dienone is 1. The highest BCUT2D eigenvalue weighted by Crippen LogP contribution is 2.60. The molecule has 0 saturated carbocycles. The van der Waals surface area contributed by atoms with Crippen molar-refractivity contribution >= 4 is 38.5 Å². The molecule has 2 unspecified atom stereocenters. The summed E-state index contributed by atoms with van der Waals surface area (Å²) >= 11 is 0. The Morgan fingerprint density at radius 1 is 0.978 bits per heavy atom. The van der Waals surface area contributed by atoms with Crippen molar-refractivity contribution in [1.82, 2.24) is 24.4 Å². The zero-order chi connectivity index (χ0) is 33.4. The number of nitrogen functional groups attached to an aromatic ring is 1. The lowest BCUT2D eigenvalue weighted by Gasteiger charge is -2.28. The van der Waals surface area contributed by atoms with E-state index in [1.54, 1.807) is 6.08 Å². The Bertz CT molecular complexity index is 1590. The SMILES string of the molecule is NC(=O)C1=CN([C@@H]2O[C@H](COP(=O)(O)OP(=O)(O)OOOC[C@H]3O[C@@H](n4cnc5c(N)ncnc54)[C@H](O)[C@H]3O)[C@H](O)[C@H]2O)C=CC1. The number of hydrogen-bond donors (Lipinski definition) is 8. The number of aliphatic hydroxyl groups excluding tert-OH is 4. The second kappa shape index (κ2) is 13.6. The summed E-state index contributed by atoms with van der Waals surface area (Å²) in [6.45, 7) is -1.62. The minimum absolute atomic E-state index is 0.0668. The van der Waals surface area contributed by atoms with Crippen molar-refractivity contribution in [2.75, 3.05) is 18.9 Å². The molecule has 1 amide bonds. The topological polar surface area (TPSA) is 336 Å². The van der Waals surface area contributed by atoms with Gasteiger partial charge in [0.15, 0.2) is 23.9 Å². The summed E-state index contributed by atoms with van der Waals surface area (Å²) in [6, 6.07) is 0. The number of hydrogen-bond acceptors (Lipinski definition) is 19. The molecule has 10 atom stereocenters. The van der Waals surface area contributed by atoms with E-state index < -0.39 is 83.8 Å².